The number of amides is 1. The molecule has 140 valence electrons. The van der Waals surface area contributed by atoms with E-state index in [9.17, 15) is 4.79 Å². The minimum atomic E-state index is -0.447. The second-order valence-corrected chi connectivity index (χ2v) is 8.06. The molecule has 1 spiro atoms. The van der Waals surface area contributed by atoms with E-state index < -0.39 is 5.60 Å². The van der Waals surface area contributed by atoms with E-state index in [1.807, 2.05) is 51.8 Å². The van der Waals surface area contributed by atoms with Crippen molar-refractivity contribution in [3.05, 3.63) is 23.5 Å². The van der Waals surface area contributed by atoms with Crippen LogP contribution in [0.1, 0.15) is 47.5 Å². The molecule has 3 heterocycles. The van der Waals surface area contributed by atoms with Crippen molar-refractivity contribution in [1.29, 1.82) is 0 Å². The van der Waals surface area contributed by atoms with Crippen LogP contribution < -0.4 is 4.90 Å². The van der Waals surface area contributed by atoms with Gasteiger partial charge >= 0.3 is 6.09 Å². The third-order valence-electron chi connectivity index (χ3n) is 4.62. The molecule has 25 heavy (non-hydrogen) atoms. The Balaban J connectivity index is 0.00000109. The summed E-state index contributed by atoms with van der Waals surface area (Å²) in [6, 6.07) is 1.82. The maximum atomic E-state index is 12.3. The summed E-state index contributed by atoms with van der Waals surface area (Å²) in [7, 11) is 0. The van der Waals surface area contributed by atoms with Gasteiger partial charge in [0.15, 0.2) is 0 Å². The molecule has 0 radical (unpaired) electrons. The highest BCUT2D eigenvalue weighted by atomic mass is 35.5. The van der Waals surface area contributed by atoms with Gasteiger partial charge < -0.3 is 14.5 Å². The molecule has 1 amide bonds. The fourth-order valence-corrected chi connectivity index (χ4v) is 3.72. The minimum Gasteiger partial charge on any atom is -0.444 e. The normalized spacial score (nSPS) is 22.8. The van der Waals surface area contributed by atoms with Gasteiger partial charge in [-0.25, -0.2) is 4.79 Å². The predicted octanol–water partition coefficient (Wildman–Crippen LogP) is 4.60. The molecule has 2 fully saturated rings. The molecular formula is C19H30ClN3O2. The van der Waals surface area contributed by atoms with Crippen LogP contribution in [0.2, 0.25) is 5.02 Å². The Morgan fingerprint density at radius 2 is 1.92 bits per heavy atom. The van der Waals surface area contributed by atoms with Crippen molar-refractivity contribution in [3.63, 3.8) is 0 Å². The van der Waals surface area contributed by atoms with Gasteiger partial charge in [0.2, 0.25) is 0 Å². The molecule has 5 nitrogen and oxygen atoms in total. The molecule has 1 unspecified atom stereocenters. The third kappa shape index (κ3) is 4.78. The first-order valence-corrected chi connectivity index (χ1v) is 9.48. The van der Waals surface area contributed by atoms with Gasteiger partial charge in [-0.05, 0) is 39.7 Å². The van der Waals surface area contributed by atoms with Crippen LogP contribution in [0.5, 0.6) is 0 Å². The molecule has 6 heteroatoms. The molecule has 0 N–H and O–H groups in total. The lowest BCUT2D eigenvalue weighted by Crippen LogP contribution is -2.37. The zero-order chi connectivity index (χ0) is 18.7. The van der Waals surface area contributed by atoms with Crippen LogP contribution in [0, 0.1) is 5.41 Å². The number of hydrogen-bond donors (Lipinski definition) is 0. The highest BCUT2D eigenvalue weighted by Gasteiger charge is 2.45. The molecule has 2 aliphatic rings. The van der Waals surface area contributed by atoms with Gasteiger partial charge in [0.25, 0.3) is 0 Å². The van der Waals surface area contributed by atoms with Gasteiger partial charge in [0, 0.05) is 37.8 Å². The highest BCUT2D eigenvalue weighted by molar-refractivity contribution is 6.33. The molecular weight excluding hydrogens is 338 g/mol. The van der Waals surface area contributed by atoms with Crippen LogP contribution in [-0.2, 0) is 4.74 Å². The Labute approximate surface area is 156 Å². The van der Waals surface area contributed by atoms with Crippen molar-refractivity contribution < 1.29 is 9.53 Å². The van der Waals surface area contributed by atoms with Crippen LogP contribution in [0.4, 0.5) is 10.5 Å². The van der Waals surface area contributed by atoms with E-state index >= 15 is 0 Å². The Bertz CT molecular complexity index is 603. The third-order valence-corrected chi connectivity index (χ3v) is 4.94. The number of ether oxygens (including phenoxy) is 1. The topological polar surface area (TPSA) is 45.7 Å². The smallest absolute Gasteiger partial charge is 0.410 e. The van der Waals surface area contributed by atoms with E-state index in [1.165, 1.54) is 0 Å². The Hall–Kier alpha value is -1.49. The summed E-state index contributed by atoms with van der Waals surface area (Å²) in [6.45, 7) is 13.1. The van der Waals surface area contributed by atoms with Crippen molar-refractivity contribution in [1.82, 2.24) is 9.88 Å². The number of hydrogen-bond acceptors (Lipinski definition) is 4. The molecule has 0 aromatic carbocycles. The lowest BCUT2D eigenvalue weighted by atomic mass is 9.86. The number of carbonyl (C=O) groups excluding carboxylic acids is 1. The van der Waals surface area contributed by atoms with Gasteiger partial charge in [-0.1, -0.05) is 25.4 Å². The molecule has 2 saturated heterocycles. The van der Waals surface area contributed by atoms with E-state index in [0.29, 0.717) is 0 Å². The van der Waals surface area contributed by atoms with E-state index in [4.69, 9.17) is 16.3 Å². The van der Waals surface area contributed by atoms with Crippen molar-refractivity contribution in [2.75, 3.05) is 31.1 Å². The van der Waals surface area contributed by atoms with Gasteiger partial charge in [0.05, 0.1) is 16.9 Å². The predicted molar refractivity (Wildman–Crippen MR) is 102 cm³/mol. The molecule has 0 bridgehead atoms. The van der Waals surface area contributed by atoms with Crippen LogP contribution in [0.25, 0.3) is 0 Å². The van der Waals surface area contributed by atoms with Crippen molar-refractivity contribution >= 4 is 23.4 Å². The SMILES string of the molecule is CC.CC(C)(C)OC(=O)N1CCC2(CCN(c3cnccc3Cl)C2)C1. The van der Waals surface area contributed by atoms with E-state index in [2.05, 4.69) is 9.88 Å². The number of pyridine rings is 1. The first kappa shape index (κ1) is 19.8. The maximum Gasteiger partial charge on any atom is 0.410 e. The number of halogens is 1. The maximum absolute atomic E-state index is 12.3. The average molecular weight is 368 g/mol. The molecule has 0 saturated carbocycles. The lowest BCUT2D eigenvalue weighted by molar-refractivity contribution is 0.0276. The number of rotatable bonds is 1. The fourth-order valence-electron chi connectivity index (χ4n) is 3.49. The van der Waals surface area contributed by atoms with Gasteiger partial charge in [-0.3, -0.25) is 4.98 Å². The van der Waals surface area contributed by atoms with Crippen molar-refractivity contribution in [2.45, 2.75) is 53.1 Å². The quantitative estimate of drug-likeness (QED) is 0.727. The number of carbonyl (C=O) groups is 1. The van der Waals surface area contributed by atoms with E-state index in [1.54, 1.807) is 6.20 Å². The summed E-state index contributed by atoms with van der Waals surface area (Å²) in [5.41, 5.74) is 0.690. The van der Waals surface area contributed by atoms with Crippen molar-refractivity contribution in [3.8, 4) is 0 Å². The lowest BCUT2D eigenvalue weighted by Gasteiger charge is -2.27. The van der Waals surface area contributed by atoms with Crippen LogP contribution in [-0.4, -0.2) is 47.8 Å². The second kappa shape index (κ2) is 7.81. The Kier molecular flexibility index (Phi) is 6.20. The van der Waals surface area contributed by atoms with Gasteiger partial charge in [-0.15, -0.1) is 0 Å². The van der Waals surface area contributed by atoms with Gasteiger partial charge in [0.1, 0.15) is 5.60 Å². The Morgan fingerprint density at radius 1 is 1.24 bits per heavy atom. The summed E-state index contributed by atoms with van der Waals surface area (Å²) in [6.07, 6.45) is 5.41. The molecule has 1 atom stereocenters. The molecule has 1 aromatic rings. The van der Waals surface area contributed by atoms with Crippen LogP contribution in [0.15, 0.2) is 18.5 Å². The highest BCUT2D eigenvalue weighted by Crippen LogP contribution is 2.42. The molecule has 0 aliphatic carbocycles. The summed E-state index contributed by atoms with van der Waals surface area (Å²) in [4.78, 5) is 20.6. The standard InChI is InChI=1S/C17H24ClN3O2.C2H6/c1-16(2,3)23-15(22)21-9-6-17(12-21)5-8-20(11-17)14-10-19-7-4-13(14)18;1-2/h4,7,10H,5-6,8-9,11-12H2,1-3H3;1-2H3. The monoisotopic (exact) mass is 367 g/mol. The first-order valence-electron chi connectivity index (χ1n) is 9.10. The summed E-state index contributed by atoms with van der Waals surface area (Å²) in [5, 5.41) is 0.735. The fraction of sp³-hybridized carbons (Fsp3) is 0.684. The van der Waals surface area contributed by atoms with E-state index in [-0.39, 0.29) is 11.5 Å². The first-order chi connectivity index (χ1) is 11.8. The number of likely N-dealkylation sites (tertiary alicyclic amines) is 1. The minimum absolute atomic E-state index is 0.149. The number of nitrogens with zero attached hydrogens (tertiary/aromatic N) is 3. The van der Waals surface area contributed by atoms with Gasteiger partial charge in [-0.2, -0.15) is 0 Å². The van der Waals surface area contributed by atoms with Crippen LogP contribution in [0.3, 0.4) is 0 Å². The largest absolute Gasteiger partial charge is 0.444 e. The number of anilines is 1. The van der Waals surface area contributed by atoms with E-state index in [0.717, 1.165) is 49.7 Å². The molecule has 3 rings (SSSR count). The zero-order valence-electron chi connectivity index (χ0n) is 16.0. The van der Waals surface area contributed by atoms with Crippen LogP contribution >= 0.6 is 11.6 Å². The summed E-state index contributed by atoms with van der Waals surface area (Å²) < 4.78 is 5.50. The number of aromatic nitrogens is 1. The summed E-state index contributed by atoms with van der Waals surface area (Å²) >= 11 is 6.28. The van der Waals surface area contributed by atoms with Crippen molar-refractivity contribution in [2.24, 2.45) is 5.41 Å². The zero-order valence-corrected chi connectivity index (χ0v) is 16.8. The second-order valence-electron chi connectivity index (χ2n) is 7.65. The summed E-state index contributed by atoms with van der Waals surface area (Å²) in [5.74, 6) is 0. The molecule has 1 aromatic heterocycles. The molecule has 2 aliphatic heterocycles. The average Bonchev–Trinajstić information content (AvgIpc) is 3.16. The Morgan fingerprint density at radius 3 is 2.56 bits per heavy atom.